The van der Waals surface area contributed by atoms with Crippen LogP contribution in [0.25, 0.3) is 0 Å². The van der Waals surface area contributed by atoms with Gasteiger partial charge in [-0.15, -0.1) is 0 Å². The Morgan fingerprint density at radius 1 is 0.895 bits per heavy atom. The molecule has 0 unspecified atom stereocenters. The standard InChI is InChI=1S/C32H40N2O4/c1-24-16-18-27(19-17-24)38-20-10-15-30(35)34(23-26-13-9-14-28(21-26)37-5)29(31(36)33-32(2,3)4)22-25-11-7-6-8-12-25/h6-9,11-14,16-19,21,29H,10,15,20,22-23H2,1-5H3,(H,33,36)/t29-/m0/s1. The Balaban J connectivity index is 1.82. The molecule has 0 aromatic heterocycles. The van der Waals surface area contributed by atoms with Gasteiger partial charge in [-0.1, -0.05) is 60.2 Å². The van der Waals surface area contributed by atoms with Crippen LogP contribution in [0.1, 0.15) is 50.3 Å². The van der Waals surface area contributed by atoms with E-state index in [1.54, 1.807) is 12.0 Å². The van der Waals surface area contributed by atoms with Gasteiger partial charge in [0.15, 0.2) is 0 Å². The minimum atomic E-state index is -0.673. The van der Waals surface area contributed by atoms with Crippen molar-refractivity contribution >= 4 is 11.8 Å². The van der Waals surface area contributed by atoms with Crippen LogP contribution in [-0.4, -0.2) is 42.0 Å². The van der Waals surface area contributed by atoms with E-state index in [0.29, 0.717) is 31.7 Å². The molecule has 3 rings (SSSR count). The molecule has 0 fully saturated rings. The normalized spacial score (nSPS) is 11.9. The molecule has 1 atom stereocenters. The number of amides is 2. The van der Waals surface area contributed by atoms with Gasteiger partial charge >= 0.3 is 0 Å². The maximum Gasteiger partial charge on any atom is 0.243 e. The molecule has 0 radical (unpaired) electrons. The molecular formula is C32H40N2O4. The second-order valence-electron chi connectivity index (χ2n) is 10.6. The zero-order valence-corrected chi connectivity index (χ0v) is 23.2. The maximum atomic E-state index is 13.7. The Morgan fingerprint density at radius 3 is 2.24 bits per heavy atom. The Bertz CT molecular complexity index is 1170. The fourth-order valence-corrected chi connectivity index (χ4v) is 4.17. The topological polar surface area (TPSA) is 67.9 Å². The molecule has 3 aromatic carbocycles. The van der Waals surface area contributed by atoms with Gasteiger partial charge in [0.25, 0.3) is 0 Å². The largest absolute Gasteiger partial charge is 0.497 e. The average Bonchev–Trinajstić information content (AvgIpc) is 2.89. The number of nitrogens with one attached hydrogen (secondary N) is 1. The zero-order chi connectivity index (χ0) is 27.5. The fourth-order valence-electron chi connectivity index (χ4n) is 4.17. The quantitative estimate of drug-likeness (QED) is 0.313. The van der Waals surface area contributed by atoms with E-state index < -0.39 is 11.6 Å². The van der Waals surface area contributed by atoms with Crippen molar-refractivity contribution in [2.45, 2.75) is 65.1 Å². The van der Waals surface area contributed by atoms with Gasteiger partial charge in [0.2, 0.25) is 11.8 Å². The summed E-state index contributed by atoms with van der Waals surface area (Å²) in [5.41, 5.74) is 2.63. The van der Waals surface area contributed by atoms with Gasteiger partial charge in [0.05, 0.1) is 13.7 Å². The number of benzene rings is 3. The summed E-state index contributed by atoms with van der Waals surface area (Å²) in [6.45, 7) is 8.58. The molecule has 0 aliphatic rings. The molecule has 1 N–H and O–H groups in total. The monoisotopic (exact) mass is 516 g/mol. The molecule has 202 valence electrons. The molecule has 0 aliphatic carbocycles. The highest BCUT2D eigenvalue weighted by Crippen LogP contribution is 2.20. The molecule has 0 bridgehead atoms. The second kappa shape index (κ2) is 13.7. The van der Waals surface area contributed by atoms with E-state index in [1.165, 1.54) is 5.56 Å². The van der Waals surface area contributed by atoms with Gasteiger partial charge in [-0.05, 0) is 69.5 Å². The summed E-state index contributed by atoms with van der Waals surface area (Å²) in [6.07, 6.45) is 1.22. The van der Waals surface area contributed by atoms with Crippen LogP contribution in [0.15, 0.2) is 78.9 Å². The SMILES string of the molecule is COc1cccc(CN(C(=O)CCCOc2ccc(C)cc2)[C@@H](Cc2ccccc2)C(=O)NC(C)(C)C)c1. The van der Waals surface area contributed by atoms with Crippen molar-refractivity contribution in [3.8, 4) is 11.5 Å². The Hall–Kier alpha value is -3.80. The molecule has 0 heterocycles. The van der Waals surface area contributed by atoms with Gasteiger partial charge in [0, 0.05) is 24.9 Å². The number of carbonyl (C=O) groups is 2. The molecule has 6 heteroatoms. The first-order chi connectivity index (χ1) is 18.1. The smallest absolute Gasteiger partial charge is 0.243 e. The van der Waals surface area contributed by atoms with E-state index in [0.717, 1.165) is 16.9 Å². The third kappa shape index (κ3) is 9.25. The summed E-state index contributed by atoms with van der Waals surface area (Å²) in [4.78, 5) is 29.0. The van der Waals surface area contributed by atoms with Crippen LogP contribution in [0, 0.1) is 6.92 Å². The van der Waals surface area contributed by atoms with Gasteiger partial charge in [-0.3, -0.25) is 9.59 Å². The van der Waals surface area contributed by atoms with Crippen molar-refractivity contribution in [2.24, 2.45) is 0 Å². The fraction of sp³-hybridized carbons (Fsp3) is 0.375. The number of aryl methyl sites for hydroxylation is 1. The van der Waals surface area contributed by atoms with Gasteiger partial charge in [0.1, 0.15) is 17.5 Å². The Labute approximate surface area is 227 Å². The summed E-state index contributed by atoms with van der Waals surface area (Å²) >= 11 is 0. The molecular weight excluding hydrogens is 476 g/mol. The first kappa shape index (κ1) is 28.8. The minimum Gasteiger partial charge on any atom is -0.497 e. The van der Waals surface area contributed by atoms with E-state index in [4.69, 9.17) is 9.47 Å². The van der Waals surface area contributed by atoms with E-state index in [-0.39, 0.29) is 18.2 Å². The molecule has 0 aliphatic heterocycles. The first-order valence-corrected chi connectivity index (χ1v) is 13.1. The van der Waals surface area contributed by atoms with Crippen LogP contribution >= 0.6 is 0 Å². The highest BCUT2D eigenvalue weighted by Gasteiger charge is 2.32. The van der Waals surface area contributed by atoms with Crippen molar-refractivity contribution in [1.82, 2.24) is 10.2 Å². The van der Waals surface area contributed by atoms with E-state index in [2.05, 4.69) is 5.32 Å². The summed E-state index contributed by atoms with van der Waals surface area (Å²) in [7, 11) is 1.62. The molecule has 0 saturated heterocycles. The predicted molar refractivity (Wildman–Crippen MR) is 151 cm³/mol. The number of carbonyl (C=O) groups excluding carboxylic acids is 2. The third-order valence-electron chi connectivity index (χ3n) is 6.08. The van der Waals surface area contributed by atoms with Crippen LogP contribution in [0.5, 0.6) is 11.5 Å². The lowest BCUT2D eigenvalue weighted by atomic mass is 10.00. The van der Waals surface area contributed by atoms with Crippen molar-refractivity contribution < 1.29 is 19.1 Å². The van der Waals surface area contributed by atoms with Crippen molar-refractivity contribution in [1.29, 1.82) is 0 Å². The first-order valence-electron chi connectivity index (χ1n) is 13.1. The second-order valence-corrected chi connectivity index (χ2v) is 10.6. The van der Waals surface area contributed by atoms with Crippen LogP contribution < -0.4 is 14.8 Å². The lowest BCUT2D eigenvalue weighted by molar-refractivity contribution is -0.142. The van der Waals surface area contributed by atoms with E-state index in [1.807, 2.05) is 107 Å². The molecule has 6 nitrogen and oxygen atoms in total. The predicted octanol–water partition coefficient (Wildman–Crippen LogP) is 5.72. The van der Waals surface area contributed by atoms with Crippen LogP contribution in [0.2, 0.25) is 0 Å². The number of nitrogens with zero attached hydrogens (tertiary/aromatic N) is 1. The van der Waals surface area contributed by atoms with E-state index in [9.17, 15) is 9.59 Å². The molecule has 3 aromatic rings. The highest BCUT2D eigenvalue weighted by atomic mass is 16.5. The van der Waals surface area contributed by atoms with Crippen molar-refractivity contribution in [2.75, 3.05) is 13.7 Å². The lowest BCUT2D eigenvalue weighted by Gasteiger charge is -2.34. The van der Waals surface area contributed by atoms with Crippen LogP contribution in [0.4, 0.5) is 0 Å². The van der Waals surface area contributed by atoms with Crippen LogP contribution in [0.3, 0.4) is 0 Å². The summed E-state index contributed by atoms with van der Waals surface area (Å²) in [6, 6.07) is 24.6. The Morgan fingerprint density at radius 2 is 1.58 bits per heavy atom. The highest BCUT2D eigenvalue weighted by molar-refractivity contribution is 5.88. The van der Waals surface area contributed by atoms with Crippen LogP contribution in [-0.2, 0) is 22.6 Å². The molecule has 38 heavy (non-hydrogen) atoms. The molecule has 0 spiro atoms. The average molecular weight is 517 g/mol. The van der Waals surface area contributed by atoms with Crippen molar-refractivity contribution in [3.05, 3.63) is 95.6 Å². The number of rotatable bonds is 12. The number of methoxy groups -OCH3 is 1. The minimum absolute atomic E-state index is 0.0923. The van der Waals surface area contributed by atoms with Gasteiger partial charge < -0.3 is 19.7 Å². The molecule has 0 saturated carbocycles. The van der Waals surface area contributed by atoms with E-state index >= 15 is 0 Å². The number of hydrogen-bond donors (Lipinski definition) is 1. The number of ether oxygens (including phenoxy) is 2. The maximum absolute atomic E-state index is 13.7. The zero-order valence-electron chi connectivity index (χ0n) is 23.2. The van der Waals surface area contributed by atoms with Gasteiger partial charge in [-0.25, -0.2) is 0 Å². The summed E-state index contributed by atoms with van der Waals surface area (Å²) in [5, 5.41) is 3.09. The Kier molecular flexibility index (Phi) is 10.3. The number of hydrogen-bond acceptors (Lipinski definition) is 4. The third-order valence-corrected chi connectivity index (χ3v) is 6.08. The summed E-state index contributed by atoms with van der Waals surface area (Å²) in [5.74, 6) is 1.22. The molecule has 2 amide bonds. The van der Waals surface area contributed by atoms with Gasteiger partial charge in [-0.2, -0.15) is 0 Å². The van der Waals surface area contributed by atoms with Crippen molar-refractivity contribution in [3.63, 3.8) is 0 Å². The summed E-state index contributed by atoms with van der Waals surface area (Å²) < 4.78 is 11.2. The lowest BCUT2D eigenvalue weighted by Crippen LogP contribution is -2.54.